The molecule has 1 heterocycles. The highest BCUT2D eigenvalue weighted by Crippen LogP contribution is 2.37. The van der Waals surface area contributed by atoms with Gasteiger partial charge in [0.1, 0.15) is 5.78 Å². The maximum Gasteiger partial charge on any atom is 0.132 e. The molecule has 1 aromatic heterocycles. The van der Waals surface area contributed by atoms with Crippen molar-refractivity contribution in [1.82, 2.24) is 4.98 Å². The Hall–Kier alpha value is -0.700. The van der Waals surface area contributed by atoms with E-state index in [0.717, 1.165) is 25.7 Å². The number of carbonyl (C=O) groups is 1. The highest BCUT2D eigenvalue weighted by atomic mass is 32.1. The molecule has 3 heteroatoms. The lowest BCUT2D eigenvalue weighted by Crippen LogP contribution is -2.18. The Morgan fingerprint density at radius 2 is 2.07 bits per heavy atom. The van der Waals surface area contributed by atoms with Crippen LogP contribution in [0.4, 0.5) is 0 Å². The van der Waals surface area contributed by atoms with Gasteiger partial charge < -0.3 is 0 Å². The minimum atomic E-state index is 0.322. The Labute approximate surface area is 94.7 Å². The standard InChI is InChI=1S/C12H17NOS/c1-8-7-13-12(15-8)11-5-3-10(4-6-11)9(2)14/h7,10-11H,3-6H2,1-2H3. The van der Waals surface area contributed by atoms with E-state index in [1.165, 1.54) is 9.88 Å². The lowest BCUT2D eigenvalue weighted by atomic mass is 9.81. The van der Waals surface area contributed by atoms with Crippen molar-refractivity contribution in [3.63, 3.8) is 0 Å². The van der Waals surface area contributed by atoms with Crippen LogP contribution in [0.5, 0.6) is 0 Å². The molecule has 2 nitrogen and oxygen atoms in total. The van der Waals surface area contributed by atoms with Crippen LogP contribution in [0.2, 0.25) is 0 Å². The monoisotopic (exact) mass is 223 g/mol. The smallest absolute Gasteiger partial charge is 0.132 e. The molecule has 0 radical (unpaired) electrons. The van der Waals surface area contributed by atoms with Crippen LogP contribution in [-0.2, 0) is 4.79 Å². The quantitative estimate of drug-likeness (QED) is 0.770. The zero-order chi connectivity index (χ0) is 10.8. The lowest BCUT2D eigenvalue weighted by Gasteiger charge is -2.25. The van der Waals surface area contributed by atoms with Gasteiger partial charge in [-0.05, 0) is 39.5 Å². The predicted octanol–water partition coefficient (Wildman–Crippen LogP) is 3.31. The first-order valence-electron chi connectivity index (χ1n) is 5.59. The molecule has 15 heavy (non-hydrogen) atoms. The fraction of sp³-hybridized carbons (Fsp3) is 0.667. The molecule has 0 aliphatic heterocycles. The molecule has 1 fully saturated rings. The second-order valence-electron chi connectivity index (χ2n) is 4.47. The number of aromatic nitrogens is 1. The summed E-state index contributed by atoms with van der Waals surface area (Å²) in [6, 6.07) is 0. The van der Waals surface area contributed by atoms with Gasteiger partial charge in [-0.2, -0.15) is 0 Å². The van der Waals surface area contributed by atoms with Crippen LogP contribution < -0.4 is 0 Å². The summed E-state index contributed by atoms with van der Waals surface area (Å²) in [7, 11) is 0. The number of thiazole rings is 1. The summed E-state index contributed by atoms with van der Waals surface area (Å²) in [5.41, 5.74) is 0. The van der Waals surface area contributed by atoms with E-state index in [1.807, 2.05) is 17.5 Å². The van der Waals surface area contributed by atoms with Crippen molar-refractivity contribution >= 4 is 17.1 Å². The number of ketones is 1. The van der Waals surface area contributed by atoms with Gasteiger partial charge in [0.05, 0.1) is 5.01 Å². The normalized spacial score (nSPS) is 26.5. The molecule has 0 spiro atoms. The Balaban J connectivity index is 1.96. The second kappa shape index (κ2) is 4.44. The second-order valence-corrected chi connectivity index (χ2v) is 5.73. The average Bonchev–Trinajstić information content (AvgIpc) is 2.65. The van der Waals surface area contributed by atoms with Gasteiger partial charge in [-0.15, -0.1) is 11.3 Å². The first-order chi connectivity index (χ1) is 7.16. The number of carbonyl (C=O) groups excluding carboxylic acids is 1. The molecule has 0 N–H and O–H groups in total. The van der Waals surface area contributed by atoms with E-state index in [2.05, 4.69) is 11.9 Å². The van der Waals surface area contributed by atoms with E-state index in [1.54, 1.807) is 6.92 Å². The lowest BCUT2D eigenvalue weighted by molar-refractivity contribution is -0.121. The molecule has 1 aromatic rings. The summed E-state index contributed by atoms with van der Waals surface area (Å²) in [6.45, 7) is 3.82. The van der Waals surface area contributed by atoms with Crippen molar-refractivity contribution in [3.05, 3.63) is 16.1 Å². The molecule has 0 amide bonds. The van der Waals surface area contributed by atoms with Crippen molar-refractivity contribution in [2.75, 3.05) is 0 Å². The summed E-state index contributed by atoms with van der Waals surface area (Å²) in [5, 5.41) is 1.27. The molecule has 2 rings (SSSR count). The van der Waals surface area contributed by atoms with E-state index in [0.29, 0.717) is 17.6 Å². The third kappa shape index (κ3) is 2.46. The Bertz CT molecular complexity index is 350. The Morgan fingerprint density at radius 3 is 2.53 bits per heavy atom. The summed E-state index contributed by atoms with van der Waals surface area (Å²) in [4.78, 5) is 17.0. The van der Waals surface area contributed by atoms with Crippen LogP contribution in [-0.4, -0.2) is 10.8 Å². The molecular formula is C12H17NOS. The van der Waals surface area contributed by atoms with Crippen molar-refractivity contribution < 1.29 is 4.79 Å². The first kappa shape index (κ1) is 10.8. The molecule has 1 saturated carbocycles. The van der Waals surface area contributed by atoms with Gasteiger partial charge in [-0.1, -0.05) is 0 Å². The molecule has 82 valence electrons. The largest absolute Gasteiger partial charge is 0.300 e. The van der Waals surface area contributed by atoms with Crippen molar-refractivity contribution in [3.8, 4) is 0 Å². The van der Waals surface area contributed by atoms with Crippen LogP contribution in [0.25, 0.3) is 0 Å². The number of hydrogen-bond donors (Lipinski definition) is 0. The Morgan fingerprint density at radius 1 is 1.40 bits per heavy atom. The molecule has 1 aliphatic rings. The minimum absolute atomic E-state index is 0.322. The van der Waals surface area contributed by atoms with E-state index in [4.69, 9.17) is 0 Å². The molecule has 0 bridgehead atoms. The summed E-state index contributed by atoms with van der Waals surface area (Å²) in [5.74, 6) is 1.30. The average molecular weight is 223 g/mol. The maximum absolute atomic E-state index is 11.2. The SMILES string of the molecule is CC(=O)C1CCC(c2ncc(C)s2)CC1. The third-order valence-corrected chi connectivity index (χ3v) is 4.37. The van der Waals surface area contributed by atoms with Gasteiger partial charge in [-0.25, -0.2) is 4.98 Å². The molecule has 0 atom stereocenters. The molecule has 0 saturated heterocycles. The van der Waals surface area contributed by atoms with E-state index < -0.39 is 0 Å². The number of Topliss-reactive ketones (excluding diaryl/α,β-unsaturated/α-hetero) is 1. The highest BCUT2D eigenvalue weighted by Gasteiger charge is 2.26. The van der Waals surface area contributed by atoms with Crippen LogP contribution in [0.1, 0.15) is 48.4 Å². The molecule has 0 aromatic carbocycles. The summed E-state index contributed by atoms with van der Waals surface area (Å²) < 4.78 is 0. The van der Waals surface area contributed by atoms with E-state index in [9.17, 15) is 4.79 Å². The number of aryl methyl sites for hydroxylation is 1. The third-order valence-electron chi connectivity index (χ3n) is 3.29. The Kier molecular flexibility index (Phi) is 3.19. The van der Waals surface area contributed by atoms with Gasteiger partial charge in [0.2, 0.25) is 0 Å². The van der Waals surface area contributed by atoms with Gasteiger partial charge in [-0.3, -0.25) is 4.79 Å². The predicted molar refractivity (Wildman–Crippen MR) is 62.2 cm³/mol. The zero-order valence-corrected chi connectivity index (χ0v) is 10.1. The van der Waals surface area contributed by atoms with Gasteiger partial charge >= 0.3 is 0 Å². The van der Waals surface area contributed by atoms with Crippen LogP contribution in [0.15, 0.2) is 6.20 Å². The van der Waals surface area contributed by atoms with Gasteiger partial charge in [0, 0.05) is 22.9 Å². The molecule has 1 aliphatic carbocycles. The summed E-state index contributed by atoms with van der Waals surface area (Å²) in [6.07, 6.45) is 6.34. The number of nitrogens with zero attached hydrogens (tertiary/aromatic N) is 1. The highest BCUT2D eigenvalue weighted by molar-refractivity contribution is 7.11. The topological polar surface area (TPSA) is 30.0 Å². The molecular weight excluding hydrogens is 206 g/mol. The maximum atomic E-state index is 11.2. The van der Waals surface area contributed by atoms with Crippen molar-refractivity contribution in [2.24, 2.45) is 5.92 Å². The van der Waals surface area contributed by atoms with E-state index >= 15 is 0 Å². The fourth-order valence-electron chi connectivity index (χ4n) is 2.31. The van der Waals surface area contributed by atoms with Crippen LogP contribution in [0, 0.1) is 12.8 Å². The van der Waals surface area contributed by atoms with Gasteiger partial charge in [0.25, 0.3) is 0 Å². The minimum Gasteiger partial charge on any atom is -0.300 e. The molecule has 0 unspecified atom stereocenters. The fourth-order valence-corrected chi connectivity index (χ4v) is 3.25. The van der Waals surface area contributed by atoms with Crippen molar-refractivity contribution in [1.29, 1.82) is 0 Å². The summed E-state index contributed by atoms with van der Waals surface area (Å²) >= 11 is 1.81. The van der Waals surface area contributed by atoms with E-state index in [-0.39, 0.29) is 0 Å². The first-order valence-corrected chi connectivity index (χ1v) is 6.41. The van der Waals surface area contributed by atoms with Crippen molar-refractivity contribution in [2.45, 2.75) is 45.4 Å². The zero-order valence-electron chi connectivity index (χ0n) is 9.32. The van der Waals surface area contributed by atoms with Crippen LogP contribution in [0.3, 0.4) is 0 Å². The number of rotatable bonds is 2. The number of hydrogen-bond acceptors (Lipinski definition) is 3. The van der Waals surface area contributed by atoms with Gasteiger partial charge in [0.15, 0.2) is 0 Å². The van der Waals surface area contributed by atoms with Crippen LogP contribution >= 0.6 is 11.3 Å².